The molecule has 1 saturated heterocycles. The van der Waals surface area contributed by atoms with Crippen molar-refractivity contribution in [1.29, 1.82) is 0 Å². The molecule has 1 N–H and O–H groups in total. The lowest BCUT2D eigenvalue weighted by atomic mass is 10.0. The van der Waals surface area contributed by atoms with Crippen LogP contribution in [0.2, 0.25) is 0 Å². The fraction of sp³-hybridized carbons (Fsp3) is 0.900. The van der Waals surface area contributed by atoms with Crippen molar-refractivity contribution in [3.63, 3.8) is 0 Å². The minimum absolute atomic E-state index is 0.229. The van der Waals surface area contributed by atoms with Crippen molar-refractivity contribution in [3.8, 4) is 0 Å². The van der Waals surface area contributed by atoms with Gasteiger partial charge in [0.1, 0.15) is 0 Å². The molecule has 1 fully saturated rings. The molecule has 14 heavy (non-hydrogen) atoms. The first-order valence-corrected chi connectivity index (χ1v) is 5.19. The average molecular weight is 199 g/mol. The van der Waals surface area contributed by atoms with Crippen molar-refractivity contribution in [3.05, 3.63) is 0 Å². The minimum Gasteiger partial charge on any atom is -0.349 e. The van der Waals surface area contributed by atoms with Crippen LogP contribution in [0.4, 0.5) is 0 Å². The van der Waals surface area contributed by atoms with Crippen LogP contribution in [-0.2, 0) is 4.79 Å². The molecule has 0 aromatic heterocycles. The maximum absolute atomic E-state index is 11.5. The number of hydrogen-bond acceptors (Lipinski definition) is 3. The molecule has 1 rings (SSSR count). The SMILES string of the molecule is CN1CCNCC(CC(=O)N(C)C)C1. The third-order valence-corrected chi connectivity index (χ3v) is 2.64. The number of nitrogens with zero attached hydrogens (tertiary/aromatic N) is 2. The summed E-state index contributed by atoms with van der Waals surface area (Å²) < 4.78 is 0. The first kappa shape index (κ1) is 11.5. The molecule has 1 atom stereocenters. The molecule has 1 heterocycles. The molecular formula is C10H21N3O. The highest BCUT2D eigenvalue weighted by Gasteiger charge is 2.18. The first-order chi connectivity index (χ1) is 6.59. The maximum atomic E-state index is 11.5. The summed E-state index contributed by atoms with van der Waals surface area (Å²) in [5.74, 6) is 0.685. The average Bonchev–Trinajstić information content (AvgIpc) is 2.29. The van der Waals surface area contributed by atoms with Gasteiger partial charge in [0.2, 0.25) is 5.91 Å². The van der Waals surface area contributed by atoms with Crippen LogP contribution in [-0.4, -0.2) is 63.0 Å². The van der Waals surface area contributed by atoms with E-state index in [0.29, 0.717) is 12.3 Å². The van der Waals surface area contributed by atoms with Crippen LogP contribution in [0.25, 0.3) is 0 Å². The number of nitrogens with one attached hydrogen (secondary N) is 1. The zero-order valence-electron chi connectivity index (χ0n) is 9.42. The van der Waals surface area contributed by atoms with Crippen LogP contribution in [0.1, 0.15) is 6.42 Å². The van der Waals surface area contributed by atoms with E-state index in [-0.39, 0.29) is 5.91 Å². The van der Waals surface area contributed by atoms with Gasteiger partial charge in [-0.05, 0) is 19.5 Å². The second kappa shape index (κ2) is 5.32. The van der Waals surface area contributed by atoms with Crippen LogP contribution < -0.4 is 5.32 Å². The molecule has 0 bridgehead atoms. The third-order valence-electron chi connectivity index (χ3n) is 2.64. The van der Waals surface area contributed by atoms with Crippen LogP contribution >= 0.6 is 0 Å². The van der Waals surface area contributed by atoms with E-state index in [4.69, 9.17) is 0 Å². The number of rotatable bonds is 2. The molecule has 0 aliphatic carbocycles. The summed E-state index contributed by atoms with van der Waals surface area (Å²) in [6, 6.07) is 0. The Bertz CT molecular complexity index is 194. The normalized spacial score (nSPS) is 24.4. The summed E-state index contributed by atoms with van der Waals surface area (Å²) in [4.78, 5) is 15.5. The van der Waals surface area contributed by atoms with Crippen LogP contribution in [0.15, 0.2) is 0 Å². The first-order valence-electron chi connectivity index (χ1n) is 5.19. The highest BCUT2D eigenvalue weighted by atomic mass is 16.2. The molecule has 4 heteroatoms. The molecule has 0 aromatic rings. The molecule has 0 aromatic carbocycles. The van der Waals surface area contributed by atoms with E-state index in [1.807, 2.05) is 14.1 Å². The highest BCUT2D eigenvalue weighted by Crippen LogP contribution is 2.07. The molecule has 1 aliphatic heterocycles. The Balaban J connectivity index is 2.38. The fourth-order valence-corrected chi connectivity index (χ4v) is 1.74. The Morgan fingerprint density at radius 1 is 1.57 bits per heavy atom. The summed E-state index contributed by atoms with van der Waals surface area (Å²) in [5.41, 5.74) is 0. The van der Waals surface area contributed by atoms with Gasteiger partial charge in [0, 0.05) is 40.2 Å². The molecule has 4 nitrogen and oxygen atoms in total. The third kappa shape index (κ3) is 3.64. The summed E-state index contributed by atoms with van der Waals surface area (Å²) in [6.07, 6.45) is 0.657. The van der Waals surface area contributed by atoms with Gasteiger partial charge >= 0.3 is 0 Å². The second-order valence-electron chi connectivity index (χ2n) is 4.32. The van der Waals surface area contributed by atoms with Crippen LogP contribution in [0, 0.1) is 5.92 Å². The standard InChI is InChI=1S/C10H21N3O/c1-12(2)10(14)6-9-7-11-4-5-13(3)8-9/h9,11H,4-8H2,1-3H3. The molecule has 1 aliphatic rings. The zero-order chi connectivity index (χ0) is 10.6. The van der Waals surface area contributed by atoms with Crippen molar-refractivity contribution in [2.75, 3.05) is 47.3 Å². The topological polar surface area (TPSA) is 35.6 Å². The van der Waals surface area contributed by atoms with E-state index < -0.39 is 0 Å². The van der Waals surface area contributed by atoms with E-state index in [1.165, 1.54) is 0 Å². The Morgan fingerprint density at radius 2 is 2.29 bits per heavy atom. The Kier molecular flexibility index (Phi) is 4.35. The van der Waals surface area contributed by atoms with E-state index in [1.54, 1.807) is 4.90 Å². The zero-order valence-corrected chi connectivity index (χ0v) is 9.42. The van der Waals surface area contributed by atoms with E-state index >= 15 is 0 Å². The predicted octanol–water partition coefficient (Wildman–Crippen LogP) is -0.384. The summed E-state index contributed by atoms with van der Waals surface area (Å²) in [6.45, 7) is 4.09. The summed E-state index contributed by atoms with van der Waals surface area (Å²) in [5, 5.41) is 3.36. The smallest absolute Gasteiger partial charge is 0.222 e. The van der Waals surface area contributed by atoms with Gasteiger partial charge in [0.25, 0.3) is 0 Å². The largest absolute Gasteiger partial charge is 0.349 e. The van der Waals surface area contributed by atoms with Gasteiger partial charge in [-0.25, -0.2) is 0 Å². The summed E-state index contributed by atoms with van der Waals surface area (Å²) >= 11 is 0. The molecule has 0 spiro atoms. The number of likely N-dealkylation sites (N-methyl/N-ethyl adjacent to an activating group) is 1. The van der Waals surface area contributed by atoms with E-state index in [9.17, 15) is 4.79 Å². The van der Waals surface area contributed by atoms with Gasteiger partial charge < -0.3 is 15.1 Å². The molecular weight excluding hydrogens is 178 g/mol. The Morgan fingerprint density at radius 3 is 2.93 bits per heavy atom. The monoisotopic (exact) mass is 199 g/mol. The number of carbonyl (C=O) groups excluding carboxylic acids is 1. The van der Waals surface area contributed by atoms with Crippen molar-refractivity contribution in [2.24, 2.45) is 5.92 Å². The molecule has 0 saturated carbocycles. The second-order valence-corrected chi connectivity index (χ2v) is 4.32. The molecule has 0 radical (unpaired) electrons. The summed E-state index contributed by atoms with van der Waals surface area (Å²) in [7, 11) is 5.74. The van der Waals surface area contributed by atoms with Crippen LogP contribution in [0.5, 0.6) is 0 Å². The van der Waals surface area contributed by atoms with Crippen molar-refractivity contribution in [1.82, 2.24) is 15.1 Å². The predicted molar refractivity (Wildman–Crippen MR) is 57.2 cm³/mol. The van der Waals surface area contributed by atoms with Gasteiger partial charge in [0.15, 0.2) is 0 Å². The van der Waals surface area contributed by atoms with Crippen molar-refractivity contribution < 1.29 is 4.79 Å². The Labute approximate surface area is 86.2 Å². The minimum atomic E-state index is 0.229. The molecule has 1 unspecified atom stereocenters. The lowest BCUT2D eigenvalue weighted by Gasteiger charge is -2.20. The lowest BCUT2D eigenvalue weighted by Crippen LogP contribution is -2.31. The van der Waals surface area contributed by atoms with Gasteiger partial charge in [-0.15, -0.1) is 0 Å². The van der Waals surface area contributed by atoms with E-state index in [2.05, 4.69) is 17.3 Å². The maximum Gasteiger partial charge on any atom is 0.222 e. The van der Waals surface area contributed by atoms with Gasteiger partial charge in [-0.2, -0.15) is 0 Å². The van der Waals surface area contributed by atoms with Gasteiger partial charge in [-0.3, -0.25) is 4.79 Å². The molecule has 1 amide bonds. The van der Waals surface area contributed by atoms with E-state index in [0.717, 1.165) is 26.2 Å². The van der Waals surface area contributed by atoms with Gasteiger partial charge in [-0.1, -0.05) is 0 Å². The Hall–Kier alpha value is -0.610. The number of hydrogen-bond donors (Lipinski definition) is 1. The van der Waals surface area contributed by atoms with Crippen molar-refractivity contribution >= 4 is 5.91 Å². The molecule has 82 valence electrons. The number of carbonyl (C=O) groups is 1. The van der Waals surface area contributed by atoms with Crippen LogP contribution in [0.3, 0.4) is 0 Å². The lowest BCUT2D eigenvalue weighted by molar-refractivity contribution is -0.129. The quantitative estimate of drug-likeness (QED) is 0.658. The van der Waals surface area contributed by atoms with Crippen molar-refractivity contribution in [2.45, 2.75) is 6.42 Å². The fourth-order valence-electron chi connectivity index (χ4n) is 1.74. The number of amides is 1. The van der Waals surface area contributed by atoms with Gasteiger partial charge in [0.05, 0.1) is 0 Å². The highest BCUT2D eigenvalue weighted by molar-refractivity contribution is 5.75.